The lowest BCUT2D eigenvalue weighted by atomic mass is 10.1. The van der Waals surface area contributed by atoms with Crippen LogP contribution in [0.3, 0.4) is 0 Å². The van der Waals surface area contributed by atoms with Gasteiger partial charge in [-0.25, -0.2) is 8.78 Å². The average Bonchev–Trinajstić information content (AvgIpc) is 2.17. The van der Waals surface area contributed by atoms with Crippen molar-refractivity contribution in [1.29, 1.82) is 0 Å². The molecule has 0 fully saturated rings. The topological polar surface area (TPSA) is 12.0 Å². The molecule has 0 atom stereocenters. The van der Waals surface area contributed by atoms with Gasteiger partial charge < -0.3 is 5.32 Å². The molecule has 1 aromatic carbocycles. The maximum atomic E-state index is 13.4. The molecule has 90 valence electrons. The average molecular weight is 235 g/mol. The van der Waals surface area contributed by atoms with E-state index in [0.29, 0.717) is 19.0 Å². The van der Waals surface area contributed by atoms with Crippen LogP contribution in [0.4, 0.5) is 17.6 Å². The molecule has 1 N–H and O–H groups in total. The number of halogens is 4. The van der Waals surface area contributed by atoms with Gasteiger partial charge in [-0.05, 0) is 25.1 Å². The normalized spacial score (nSPS) is 11.8. The maximum Gasteiger partial charge on any atom is 0.288 e. The molecule has 1 aromatic rings. The predicted molar refractivity (Wildman–Crippen MR) is 53.4 cm³/mol. The largest absolute Gasteiger partial charge is 0.311 e. The molecule has 0 aliphatic rings. The van der Waals surface area contributed by atoms with Crippen molar-refractivity contribution in [1.82, 2.24) is 5.32 Å². The Morgan fingerprint density at radius 3 is 2.50 bits per heavy atom. The van der Waals surface area contributed by atoms with E-state index in [-0.39, 0.29) is 0 Å². The van der Waals surface area contributed by atoms with Crippen molar-refractivity contribution in [3.63, 3.8) is 0 Å². The molecular formula is C11H13F4N. The lowest BCUT2D eigenvalue weighted by Crippen LogP contribution is -2.32. The Morgan fingerprint density at radius 1 is 1.25 bits per heavy atom. The maximum absolute atomic E-state index is 13.4. The molecule has 5 heteroatoms. The zero-order chi connectivity index (χ0) is 12.2. The zero-order valence-electron chi connectivity index (χ0n) is 8.87. The summed E-state index contributed by atoms with van der Waals surface area (Å²) in [5, 5.41) is 2.51. The molecular weight excluding hydrogens is 222 g/mol. The first-order chi connectivity index (χ1) is 7.47. The number of alkyl halides is 2. The third-order valence-corrected chi connectivity index (χ3v) is 2.10. The highest BCUT2D eigenvalue weighted by Gasteiger charge is 2.34. The van der Waals surface area contributed by atoms with Crippen LogP contribution in [0.1, 0.15) is 18.9 Å². The van der Waals surface area contributed by atoms with Crippen LogP contribution in [0.15, 0.2) is 18.2 Å². The Balaban J connectivity index is 2.80. The molecule has 0 aliphatic heterocycles. The van der Waals surface area contributed by atoms with Crippen molar-refractivity contribution in [2.24, 2.45) is 0 Å². The van der Waals surface area contributed by atoms with E-state index >= 15 is 0 Å². The molecule has 16 heavy (non-hydrogen) atoms. The second-order valence-electron chi connectivity index (χ2n) is 3.51. The summed E-state index contributed by atoms with van der Waals surface area (Å²) in [5.74, 6) is -5.41. The van der Waals surface area contributed by atoms with E-state index in [0.717, 1.165) is 12.1 Å². The number of hydrogen-bond acceptors (Lipinski definition) is 1. The summed E-state index contributed by atoms with van der Waals surface area (Å²) in [6, 6.07) is 2.06. The summed E-state index contributed by atoms with van der Waals surface area (Å²) in [6.45, 7) is 1.62. The summed E-state index contributed by atoms with van der Waals surface area (Å²) >= 11 is 0. The molecule has 0 saturated heterocycles. The van der Waals surface area contributed by atoms with Crippen LogP contribution >= 0.6 is 0 Å². The van der Waals surface area contributed by atoms with Gasteiger partial charge in [0.05, 0.1) is 12.1 Å². The molecule has 1 nitrogen and oxygen atoms in total. The van der Waals surface area contributed by atoms with E-state index in [1.54, 1.807) is 0 Å². The highest BCUT2D eigenvalue weighted by molar-refractivity contribution is 5.23. The van der Waals surface area contributed by atoms with Crippen LogP contribution in [0.5, 0.6) is 0 Å². The molecule has 1 rings (SSSR count). The van der Waals surface area contributed by atoms with Crippen LogP contribution in [-0.4, -0.2) is 13.1 Å². The highest BCUT2D eigenvalue weighted by Crippen LogP contribution is 2.29. The lowest BCUT2D eigenvalue weighted by molar-refractivity contribution is -0.00641. The minimum Gasteiger partial charge on any atom is -0.311 e. The SMILES string of the molecule is CCCNCC(F)(F)c1ccc(F)cc1F. The van der Waals surface area contributed by atoms with Crippen LogP contribution in [0, 0.1) is 11.6 Å². The van der Waals surface area contributed by atoms with Gasteiger partial charge in [-0.15, -0.1) is 0 Å². The van der Waals surface area contributed by atoms with Gasteiger partial charge in [-0.1, -0.05) is 6.92 Å². The van der Waals surface area contributed by atoms with E-state index in [9.17, 15) is 17.6 Å². The molecule has 0 aromatic heterocycles. The van der Waals surface area contributed by atoms with Crippen LogP contribution in [0.2, 0.25) is 0 Å². The second kappa shape index (κ2) is 5.30. The summed E-state index contributed by atoms with van der Waals surface area (Å²) in [4.78, 5) is 0. The van der Waals surface area contributed by atoms with Crippen molar-refractivity contribution in [3.8, 4) is 0 Å². The van der Waals surface area contributed by atoms with E-state index in [2.05, 4.69) is 5.32 Å². The van der Waals surface area contributed by atoms with Crippen LogP contribution in [0.25, 0.3) is 0 Å². The number of benzene rings is 1. The molecule has 0 amide bonds. The van der Waals surface area contributed by atoms with Gasteiger partial charge in [0, 0.05) is 6.07 Å². The summed E-state index contributed by atoms with van der Waals surface area (Å²) in [7, 11) is 0. The minimum atomic E-state index is -3.33. The Labute approximate surface area is 91.5 Å². The van der Waals surface area contributed by atoms with E-state index in [1.165, 1.54) is 0 Å². The van der Waals surface area contributed by atoms with Gasteiger partial charge in [-0.2, -0.15) is 8.78 Å². The summed E-state index contributed by atoms with van der Waals surface area (Å²) in [5.41, 5.74) is -0.780. The van der Waals surface area contributed by atoms with Gasteiger partial charge in [0.15, 0.2) is 0 Å². The zero-order valence-corrected chi connectivity index (χ0v) is 8.87. The third-order valence-electron chi connectivity index (χ3n) is 2.10. The first-order valence-corrected chi connectivity index (χ1v) is 5.01. The Bertz CT molecular complexity index is 352. The Kier molecular flexibility index (Phi) is 4.29. The Hall–Kier alpha value is -1.10. The summed E-state index contributed by atoms with van der Waals surface area (Å²) < 4.78 is 52.5. The van der Waals surface area contributed by atoms with E-state index in [1.807, 2.05) is 6.92 Å². The highest BCUT2D eigenvalue weighted by atomic mass is 19.3. The lowest BCUT2D eigenvalue weighted by Gasteiger charge is -2.17. The van der Waals surface area contributed by atoms with Gasteiger partial charge in [0.25, 0.3) is 5.92 Å². The fourth-order valence-electron chi connectivity index (χ4n) is 1.30. The van der Waals surface area contributed by atoms with Crippen LogP contribution < -0.4 is 5.32 Å². The van der Waals surface area contributed by atoms with E-state index < -0.39 is 29.7 Å². The summed E-state index contributed by atoms with van der Waals surface area (Å²) in [6.07, 6.45) is 0.710. The third kappa shape index (κ3) is 3.20. The quantitative estimate of drug-likeness (QED) is 0.611. The van der Waals surface area contributed by atoms with Gasteiger partial charge >= 0.3 is 0 Å². The van der Waals surface area contributed by atoms with Crippen molar-refractivity contribution < 1.29 is 17.6 Å². The minimum absolute atomic E-state index is 0.429. The molecule has 0 heterocycles. The monoisotopic (exact) mass is 235 g/mol. The number of nitrogens with one attached hydrogen (secondary N) is 1. The Morgan fingerprint density at radius 2 is 1.94 bits per heavy atom. The molecule has 0 aliphatic carbocycles. The molecule has 0 bridgehead atoms. The number of rotatable bonds is 5. The van der Waals surface area contributed by atoms with Crippen molar-refractivity contribution in [2.75, 3.05) is 13.1 Å². The standard InChI is InChI=1S/C11H13F4N/c1-2-5-16-7-11(14,15)9-4-3-8(12)6-10(9)13/h3-4,6,16H,2,5,7H2,1H3. The van der Waals surface area contributed by atoms with Crippen molar-refractivity contribution in [3.05, 3.63) is 35.4 Å². The van der Waals surface area contributed by atoms with Crippen LogP contribution in [-0.2, 0) is 5.92 Å². The van der Waals surface area contributed by atoms with E-state index in [4.69, 9.17) is 0 Å². The van der Waals surface area contributed by atoms with Gasteiger partial charge in [0.1, 0.15) is 11.6 Å². The smallest absolute Gasteiger partial charge is 0.288 e. The molecule has 0 unspecified atom stereocenters. The molecule has 0 saturated carbocycles. The first kappa shape index (κ1) is 13.0. The number of hydrogen-bond donors (Lipinski definition) is 1. The molecule has 0 radical (unpaired) electrons. The predicted octanol–water partition coefficient (Wildman–Crippen LogP) is 3.06. The van der Waals surface area contributed by atoms with Gasteiger partial charge in [0.2, 0.25) is 0 Å². The fourth-order valence-corrected chi connectivity index (χ4v) is 1.30. The fraction of sp³-hybridized carbons (Fsp3) is 0.455. The second-order valence-corrected chi connectivity index (χ2v) is 3.51. The van der Waals surface area contributed by atoms with Crippen molar-refractivity contribution in [2.45, 2.75) is 19.3 Å². The van der Waals surface area contributed by atoms with Crippen molar-refractivity contribution >= 4 is 0 Å². The first-order valence-electron chi connectivity index (χ1n) is 5.01. The molecule has 0 spiro atoms. The van der Waals surface area contributed by atoms with Gasteiger partial charge in [-0.3, -0.25) is 0 Å².